The number of likely N-dealkylation sites (N-methyl/N-ethyl adjacent to an activating group) is 1. The molecule has 0 unspecified atom stereocenters. The molecule has 0 saturated carbocycles. The Hall–Kier alpha value is -3.99. The van der Waals surface area contributed by atoms with Gasteiger partial charge in [-0.05, 0) is 57.5 Å². The van der Waals surface area contributed by atoms with Gasteiger partial charge in [0.1, 0.15) is 16.9 Å². The fourth-order valence-electron chi connectivity index (χ4n) is 4.43. The first kappa shape index (κ1) is 26.6. The Labute approximate surface area is 227 Å². The number of ether oxygens (including phenoxy) is 2. The molecule has 5 rings (SSSR count). The van der Waals surface area contributed by atoms with E-state index in [1.165, 1.54) is 6.07 Å². The van der Waals surface area contributed by atoms with E-state index in [0.717, 1.165) is 35.6 Å². The number of imidazole rings is 1. The number of rotatable bonds is 6. The number of morpholine rings is 1. The SMILES string of the molecule is Cc1cc(-c2ccn(-c3cc(N4CCOCC4)c4ncn(CCN(C)C(=O)OC(C)(C)C)c4n3)n2)ccc1F. The lowest BCUT2D eigenvalue weighted by Crippen LogP contribution is -2.36. The van der Waals surface area contributed by atoms with E-state index < -0.39 is 5.60 Å². The summed E-state index contributed by atoms with van der Waals surface area (Å²) in [5.41, 5.74) is 3.98. The largest absolute Gasteiger partial charge is 0.444 e. The highest BCUT2D eigenvalue weighted by molar-refractivity contribution is 5.87. The molecule has 1 amide bonds. The van der Waals surface area contributed by atoms with Crippen LogP contribution in [0.3, 0.4) is 0 Å². The maximum Gasteiger partial charge on any atom is 0.410 e. The average molecular weight is 536 g/mol. The zero-order valence-corrected chi connectivity index (χ0v) is 23.0. The minimum absolute atomic E-state index is 0.244. The number of halogens is 1. The van der Waals surface area contributed by atoms with Gasteiger partial charge in [-0.15, -0.1) is 0 Å². The van der Waals surface area contributed by atoms with E-state index in [2.05, 4.69) is 4.90 Å². The molecule has 0 N–H and O–H groups in total. The second kappa shape index (κ2) is 10.6. The van der Waals surface area contributed by atoms with E-state index in [4.69, 9.17) is 24.5 Å². The van der Waals surface area contributed by atoms with Gasteiger partial charge in [-0.1, -0.05) is 0 Å². The molecule has 0 bridgehead atoms. The second-order valence-corrected chi connectivity index (χ2v) is 10.7. The highest BCUT2D eigenvalue weighted by atomic mass is 19.1. The molecule has 0 radical (unpaired) electrons. The third-order valence-electron chi connectivity index (χ3n) is 6.55. The summed E-state index contributed by atoms with van der Waals surface area (Å²) in [7, 11) is 1.72. The molecule has 206 valence electrons. The smallest absolute Gasteiger partial charge is 0.410 e. The van der Waals surface area contributed by atoms with Crippen LogP contribution in [-0.4, -0.2) is 80.8 Å². The van der Waals surface area contributed by atoms with Gasteiger partial charge in [-0.2, -0.15) is 5.10 Å². The van der Waals surface area contributed by atoms with Crippen molar-refractivity contribution in [3.05, 3.63) is 54.2 Å². The van der Waals surface area contributed by atoms with Crippen LogP contribution in [0.1, 0.15) is 26.3 Å². The van der Waals surface area contributed by atoms with Crippen molar-refractivity contribution in [2.75, 3.05) is 44.8 Å². The van der Waals surface area contributed by atoms with Crippen molar-refractivity contribution in [3.63, 3.8) is 0 Å². The first-order chi connectivity index (χ1) is 18.6. The lowest BCUT2D eigenvalue weighted by Gasteiger charge is -2.29. The summed E-state index contributed by atoms with van der Waals surface area (Å²) in [4.78, 5) is 25.9. The van der Waals surface area contributed by atoms with Gasteiger partial charge in [0, 0.05) is 51.1 Å². The van der Waals surface area contributed by atoms with Crippen LogP contribution in [0.25, 0.3) is 28.2 Å². The zero-order chi connectivity index (χ0) is 27.7. The second-order valence-electron chi connectivity index (χ2n) is 10.7. The number of benzene rings is 1. The summed E-state index contributed by atoms with van der Waals surface area (Å²) in [6.07, 6.45) is 3.22. The standard InChI is InChI=1S/C28H34FN7O3/c1-19-16-20(6-7-21(19)29)22-8-9-36(32-22)24-17-23(34-12-14-38-15-13-34)25-26(31-24)35(18-30-25)11-10-33(5)27(37)39-28(2,3)4/h6-9,16-18H,10-15H2,1-5H3. The van der Waals surface area contributed by atoms with Gasteiger partial charge >= 0.3 is 6.09 Å². The number of anilines is 1. The van der Waals surface area contributed by atoms with Crippen molar-refractivity contribution in [2.45, 2.75) is 39.8 Å². The highest BCUT2D eigenvalue weighted by Crippen LogP contribution is 2.29. The fraction of sp³-hybridized carbons (Fsp3) is 0.429. The third kappa shape index (κ3) is 5.88. The summed E-state index contributed by atoms with van der Waals surface area (Å²) >= 11 is 0. The topological polar surface area (TPSA) is 90.5 Å². The molecule has 1 aliphatic heterocycles. The van der Waals surface area contributed by atoms with Crippen molar-refractivity contribution >= 4 is 22.9 Å². The van der Waals surface area contributed by atoms with Crippen molar-refractivity contribution in [2.24, 2.45) is 0 Å². The Morgan fingerprint density at radius 2 is 1.95 bits per heavy atom. The van der Waals surface area contributed by atoms with E-state index in [0.29, 0.717) is 43.3 Å². The molecule has 4 heterocycles. The predicted octanol–water partition coefficient (Wildman–Crippen LogP) is 4.44. The third-order valence-corrected chi connectivity index (χ3v) is 6.55. The van der Waals surface area contributed by atoms with Gasteiger partial charge < -0.3 is 23.8 Å². The molecule has 1 saturated heterocycles. The van der Waals surface area contributed by atoms with Gasteiger partial charge in [0.2, 0.25) is 0 Å². The summed E-state index contributed by atoms with van der Waals surface area (Å²) in [5.74, 6) is 0.391. The first-order valence-electron chi connectivity index (χ1n) is 13.0. The van der Waals surface area contributed by atoms with Crippen LogP contribution in [0.15, 0.2) is 42.9 Å². The normalized spacial score (nSPS) is 14.2. The predicted molar refractivity (Wildman–Crippen MR) is 147 cm³/mol. The molecule has 1 aromatic carbocycles. The molecule has 4 aromatic rings. The summed E-state index contributed by atoms with van der Waals surface area (Å²) in [5, 5.41) is 4.75. The molecule has 0 aliphatic carbocycles. The van der Waals surface area contributed by atoms with E-state index in [9.17, 15) is 9.18 Å². The van der Waals surface area contributed by atoms with Gasteiger partial charge in [0.05, 0.1) is 30.9 Å². The van der Waals surface area contributed by atoms with Crippen molar-refractivity contribution in [1.82, 2.24) is 29.2 Å². The Balaban J connectivity index is 1.48. The molecule has 11 heteroatoms. The monoisotopic (exact) mass is 535 g/mol. The number of carbonyl (C=O) groups excluding carboxylic acids is 1. The van der Waals surface area contributed by atoms with Crippen LogP contribution < -0.4 is 4.90 Å². The van der Waals surface area contributed by atoms with Crippen LogP contribution in [0, 0.1) is 12.7 Å². The minimum Gasteiger partial charge on any atom is -0.444 e. The quantitative estimate of drug-likeness (QED) is 0.361. The molecular formula is C28H34FN7O3. The molecule has 1 aliphatic rings. The number of amides is 1. The van der Waals surface area contributed by atoms with Crippen LogP contribution >= 0.6 is 0 Å². The van der Waals surface area contributed by atoms with Crippen LogP contribution in [-0.2, 0) is 16.0 Å². The highest BCUT2D eigenvalue weighted by Gasteiger charge is 2.22. The number of hydrogen-bond acceptors (Lipinski definition) is 7. The number of nitrogens with zero attached hydrogens (tertiary/aromatic N) is 7. The number of aryl methyl sites for hydroxylation is 1. The van der Waals surface area contributed by atoms with E-state index in [-0.39, 0.29) is 11.9 Å². The number of pyridine rings is 1. The Kier molecular flexibility index (Phi) is 7.26. The van der Waals surface area contributed by atoms with Crippen LogP contribution in [0.4, 0.5) is 14.9 Å². The van der Waals surface area contributed by atoms with Crippen molar-refractivity contribution < 1.29 is 18.7 Å². The average Bonchev–Trinajstić information content (AvgIpc) is 3.55. The van der Waals surface area contributed by atoms with Crippen LogP contribution in [0.2, 0.25) is 0 Å². The number of aromatic nitrogens is 5. The maximum atomic E-state index is 13.8. The van der Waals surface area contributed by atoms with Gasteiger partial charge in [0.15, 0.2) is 11.5 Å². The molecule has 39 heavy (non-hydrogen) atoms. The summed E-state index contributed by atoms with van der Waals surface area (Å²) < 4.78 is 28.5. The van der Waals surface area contributed by atoms with Crippen molar-refractivity contribution in [3.8, 4) is 17.1 Å². The van der Waals surface area contributed by atoms with Crippen LogP contribution in [0.5, 0.6) is 0 Å². The number of fused-ring (bicyclic) bond motifs is 1. The Morgan fingerprint density at radius 3 is 2.67 bits per heavy atom. The molecular weight excluding hydrogens is 501 g/mol. The maximum absolute atomic E-state index is 13.8. The zero-order valence-electron chi connectivity index (χ0n) is 23.0. The lowest BCUT2D eigenvalue weighted by molar-refractivity contribution is 0.0294. The Morgan fingerprint density at radius 1 is 1.18 bits per heavy atom. The van der Waals surface area contributed by atoms with Crippen molar-refractivity contribution in [1.29, 1.82) is 0 Å². The molecule has 0 spiro atoms. The molecule has 0 atom stereocenters. The number of hydrogen-bond donors (Lipinski definition) is 0. The minimum atomic E-state index is -0.564. The summed E-state index contributed by atoms with van der Waals surface area (Å²) in [6, 6.07) is 8.84. The van der Waals surface area contributed by atoms with Gasteiger partial charge in [0.25, 0.3) is 0 Å². The molecule has 10 nitrogen and oxygen atoms in total. The van der Waals surface area contributed by atoms with E-state index >= 15 is 0 Å². The van der Waals surface area contributed by atoms with Gasteiger partial charge in [-0.3, -0.25) is 0 Å². The number of carbonyl (C=O) groups is 1. The van der Waals surface area contributed by atoms with E-state index in [1.54, 1.807) is 42.0 Å². The van der Waals surface area contributed by atoms with E-state index in [1.807, 2.05) is 43.7 Å². The Bertz CT molecular complexity index is 1480. The molecule has 3 aromatic heterocycles. The summed E-state index contributed by atoms with van der Waals surface area (Å²) in [6.45, 7) is 10.9. The fourth-order valence-corrected chi connectivity index (χ4v) is 4.43. The molecule has 1 fully saturated rings. The van der Waals surface area contributed by atoms with Gasteiger partial charge in [-0.25, -0.2) is 23.8 Å². The first-order valence-corrected chi connectivity index (χ1v) is 13.0. The lowest BCUT2D eigenvalue weighted by atomic mass is 10.1.